The van der Waals surface area contributed by atoms with Gasteiger partial charge in [0, 0.05) is 30.2 Å². The van der Waals surface area contributed by atoms with E-state index in [0.29, 0.717) is 0 Å². The number of nitrogens with one attached hydrogen (secondary N) is 2. The molecule has 0 aromatic carbocycles. The van der Waals surface area contributed by atoms with Crippen LogP contribution < -0.4 is 16.4 Å². The van der Waals surface area contributed by atoms with E-state index >= 15 is 0 Å². The number of hydrogen-bond acceptors (Lipinski definition) is 4. The number of nitrogens with two attached hydrogens (primary N) is 1. The molecule has 0 saturated heterocycles. The number of unbranched alkanes of at least 4 members (excludes halogenated alkanes) is 1. The van der Waals surface area contributed by atoms with E-state index in [1.165, 1.54) is 25.7 Å². The summed E-state index contributed by atoms with van der Waals surface area (Å²) in [5, 5.41) is 6.39. The molecule has 0 heterocycles. The van der Waals surface area contributed by atoms with E-state index in [0.717, 1.165) is 32.6 Å². The first kappa shape index (κ1) is 20.7. The summed E-state index contributed by atoms with van der Waals surface area (Å²) >= 11 is 0. The smallest absolute Gasteiger partial charge is 0.0571 e. The fraction of sp³-hybridized carbons (Fsp3) is 1.00. The minimum Gasteiger partial charge on any atom is -0.320 e. The maximum absolute atomic E-state index is 6.25. The molecule has 5 heteroatoms. The molecule has 0 aromatic rings. The Morgan fingerprint density at radius 3 is 1.89 bits per heavy atom. The number of nitrogens with zero attached hydrogens (tertiary/aromatic N) is 1. The molecule has 18 heavy (non-hydrogen) atoms. The third-order valence-corrected chi connectivity index (χ3v) is 3.07. The Morgan fingerprint density at radius 1 is 1.00 bits per heavy atom. The van der Waals surface area contributed by atoms with Gasteiger partial charge in [0.05, 0.1) is 6.17 Å². The molecule has 0 aromatic heterocycles. The second-order valence-corrected chi connectivity index (χ2v) is 4.66. The molecule has 0 aliphatic heterocycles. The van der Waals surface area contributed by atoms with E-state index in [1.807, 2.05) is 14.1 Å². The van der Waals surface area contributed by atoms with Crippen LogP contribution >= 0.6 is 0 Å². The predicted octanol–water partition coefficient (Wildman–Crippen LogP) is 0.980. The van der Waals surface area contributed by atoms with Gasteiger partial charge in [-0.25, -0.2) is 0 Å². The SMILES string of the molecule is CCCCC(N)N(CCC[15NH]C)CCC[15NH]C.[Cu]. The van der Waals surface area contributed by atoms with Gasteiger partial charge in [0.25, 0.3) is 0 Å². The second-order valence-electron chi connectivity index (χ2n) is 4.66. The third kappa shape index (κ3) is 11.4. The molecule has 1 radical (unpaired) electrons. The largest absolute Gasteiger partial charge is 0.320 e. The molecule has 0 spiro atoms. The molecule has 4 N–H and O–H groups in total. The normalized spacial score (nSPS) is 12.5. The zero-order valence-electron chi connectivity index (χ0n) is 12.3. The van der Waals surface area contributed by atoms with Crippen molar-refractivity contribution in [2.75, 3.05) is 40.3 Å². The van der Waals surface area contributed by atoms with Gasteiger partial charge in [0.15, 0.2) is 0 Å². The summed E-state index contributed by atoms with van der Waals surface area (Å²) in [6.07, 6.45) is 6.18. The summed E-state index contributed by atoms with van der Waals surface area (Å²) in [6.45, 7) is 6.58. The third-order valence-electron chi connectivity index (χ3n) is 3.07. The van der Waals surface area contributed by atoms with Gasteiger partial charge in [-0.05, 0) is 46.4 Å². The van der Waals surface area contributed by atoms with Gasteiger partial charge in [-0.1, -0.05) is 19.8 Å². The van der Waals surface area contributed by atoms with Crippen molar-refractivity contribution < 1.29 is 17.1 Å². The minimum absolute atomic E-state index is 0. The van der Waals surface area contributed by atoms with E-state index in [9.17, 15) is 0 Å². The fourth-order valence-electron chi connectivity index (χ4n) is 1.96. The first-order valence-corrected chi connectivity index (χ1v) is 7.05. The fourth-order valence-corrected chi connectivity index (χ4v) is 1.96. The van der Waals surface area contributed by atoms with Gasteiger partial charge < -0.3 is 16.4 Å². The zero-order chi connectivity index (χ0) is 12.9. The summed E-state index contributed by atoms with van der Waals surface area (Å²) < 4.78 is 0. The molecule has 115 valence electrons. The van der Waals surface area contributed by atoms with Gasteiger partial charge in [-0.2, -0.15) is 0 Å². The molecular weight excluding hydrogens is 278 g/mol. The Labute approximate surface area is 124 Å². The van der Waals surface area contributed by atoms with Crippen molar-refractivity contribution in [3.63, 3.8) is 0 Å². The molecule has 0 bridgehead atoms. The summed E-state index contributed by atoms with van der Waals surface area (Å²) in [7, 11) is 4.00. The van der Waals surface area contributed by atoms with E-state index in [1.54, 1.807) is 0 Å². The van der Waals surface area contributed by atoms with Crippen LogP contribution in [0.3, 0.4) is 0 Å². The Bertz CT molecular complexity index is 148. The molecule has 1 atom stereocenters. The van der Waals surface area contributed by atoms with Crippen LogP contribution in [-0.4, -0.2) is 51.3 Å². The first-order chi connectivity index (χ1) is 8.26. The van der Waals surface area contributed by atoms with E-state index in [4.69, 9.17) is 5.73 Å². The van der Waals surface area contributed by atoms with Crippen LogP contribution in [0.25, 0.3) is 0 Å². The second kappa shape index (κ2) is 15.4. The molecule has 0 aliphatic carbocycles. The summed E-state index contributed by atoms with van der Waals surface area (Å²) in [6, 6.07) is 0. The average molecular weight is 310 g/mol. The molecule has 1 unspecified atom stereocenters. The van der Waals surface area contributed by atoms with Crippen molar-refractivity contribution in [2.45, 2.75) is 45.2 Å². The van der Waals surface area contributed by atoms with Gasteiger partial charge in [0.1, 0.15) is 0 Å². The van der Waals surface area contributed by atoms with Crippen LogP contribution in [-0.2, 0) is 17.1 Å². The molecule has 0 fully saturated rings. The molecule has 4 nitrogen and oxygen atoms in total. The van der Waals surface area contributed by atoms with Gasteiger partial charge >= 0.3 is 0 Å². The Balaban J connectivity index is 0. The van der Waals surface area contributed by atoms with Crippen molar-refractivity contribution in [3.8, 4) is 0 Å². The molecule has 0 rings (SSSR count). The van der Waals surface area contributed by atoms with Crippen molar-refractivity contribution in [2.24, 2.45) is 5.73 Å². The summed E-state index contributed by atoms with van der Waals surface area (Å²) in [4.78, 5) is 2.43. The quantitative estimate of drug-likeness (QED) is 0.218. The Kier molecular flexibility index (Phi) is 17.7. The van der Waals surface area contributed by atoms with Gasteiger partial charge in [0.2, 0.25) is 0 Å². The minimum atomic E-state index is 0. The molecular formula is C13H32CuN4. The van der Waals surface area contributed by atoms with E-state index in [2.05, 4.69) is 22.5 Å². The van der Waals surface area contributed by atoms with Crippen molar-refractivity contribution in [1.29, 1.82) is 0 Å². The number of hydrogen-bond donors (Lipinski definition) is 3. The molecule has 0 aliphatic rings. The maximum atomic E-state index is 6.25. The van der Waals surface area contributed by atoms with Crippen LogP contribution in [0.4, 0.5) is 0 Å². The van der Waals surface area contributed by atoms with Crippen molar-refractivity contribution in [1.82, 2.24) is 15.5 Å². The zero-order valence-corrected chi connectivity index (χ0v) is 13.2. The Hall–Kier alpha value is 0.359. The van der Waals surface area contributed by atoms with Crippen LogP contribution in [0.2, 0.25) is 0 Å². The van der Waals surface area contributed by atoms with Crippen LogP contribution in [0.1, 0.15) is 39.0 Å². The van der Waals surface area contributed by atoms with Gasteiger partial charge in [-0.15, -0.1) is 0 Å². The Morgan fingerprint density at radius 2 is 1.50 bits per heavy atom. The predicted molar refractivity (Wildman–Crippen MR) is 76.2 cm³/mol. The summed E-state index contributed by atoms with van der Waals surface area (Å²) in [5.41, 5.74) is 6.25. The van der Waals surface area contributed by atoms with Crippen LogP contribution in [0, 0.1) is 0 Å². The standard InChI is InChI=1S/C13H32N4.Cu/c1-4-5-8-13(14)17(11-6-9-15-2)12-7-10-16-3;/h13,15-16H,4-12,14H2,1-3H3;/i15+1,16+1;. The van der Waals surface area contributed by atoms with E-state index in [-0.39, 0.29) is 23.2 Å². The maximum Gasteiger partial charge on any atom is 0.0571 e. The summed E-state index contributed by atoms with van der Waals surface area (Å²) in [5.74, 6) is 0. The molecule has 0 saturated carbocycles. The van der Waals surface area contributed by atoms with Crippen molar-refractivity contribution in [3.05, 3.63) is 0 Å². The van der Waals surface area contributed by atoms with Crippen molar-refractivity contribution >= 4 is 0 Å². The van der Waals surface area contributed by atoms with Crippen LogP contribution in [0.15, 0.2) is 0 Å². The first-order valence-electron chi connectivity index (χ1n) is 7.05. The monoisotopic (exact) mass is 309 g/mol. The van der Waals surface area contributed by atoms with E-state index < -0.39 is 0 Å². The topological polar surface area (TPSA) is 53.3 Å². The average Bonchev–Trinajstić information content (AvgIpc) is 2.34. The molecule has 0 amide bonds. The number of rotatable bonds is 12. The van der Waals surface area contributed by atoms with Crippen LogP contribution in [0.5, 0.6) is 0 Å². The van der Waals surface area contributed by atoms with Gasteiger partial charge in [-0.3, -0.25) is 4.90 Å².